The van der Waals surface area contributed by atoms with E-state index in [-0.39, 0.29) is 45.3 Å². The largest absolute Gasteiger partial charge is 0.456 e. The summed E-state index contributed by atoms with van der Waals surface area (Å²) in [5.41, 5.74) is 3.56. The lowest BCUT2D eigenvalue weighted by molar-refractivity contribution is 0.669. The van der Waals surface area contributed by atoms with E-state index in [0.29, 0.717) is 5.56 Å². The summed E-state index contributed by atoms with van der Waals surface area (Å²) in [5, 5.41) is 7.41. The Morgan fingerprint density at radius 1 is 0.409 bits per heavy atom. The van der Waals surface area contributed by atoms with E-state index in [9.17, 15) is 2.74 Å². The maximum Gasteiger partial charge on any atom is 0.136 e. The predicted octanol–water partition coefficient (Wildman–Crippen LogP) is 12.8. The maximum atomic E-state index is 9.30. The molecule has 0 aliphatic heterocycles. The van der Waals surface area contributed by atoms with Crippen molar-refractivity contribution in [2.45, 2.75) is 0 Å². The summed E-state index contributed by atoms with van der Waals surface area (Å²) in [6.45, 7) is 0. The highest BCUT2D eigenvalue weighted by Crippen LogP contribution is 2.45. The quantitative estimate of drug-likeness (QED) is 0.177. The number of hydrogen-bond acceptors (Lipinski definition) is 1. The summed E-state index contributed by atoms with van der Waals surface area (Å²) < 4.78 is 76.9. The van der Waals surface area contributed by atoms with Gasteiger partial charge in [-0.25, -0.2) is 0 Å². The van der Waals surface area contributed by atoms with Gasteiger partial charge in [-0.1, -0.05) is 131 Å². The van der Waals surface area contributed by atoms with E-state index in [1.165, 1.54) is 0 Å². The molecule has 0 radical (unpaired) electrons. The summed E-state index contributed by atoms with van der Waals surface area (Å²) >= 11 is 3.11. The van der Waals surface area contributed by atoms with Gasteiger partial charge in [-0.3, -0.25) is 0 Å². The van der Waals surface area contributed by atoms with Crippen molar-refractivity contribution in [3.05, 3.63) is 156 Å². The van der Waals surface area contributed by atoms with Crippen LogP contribution >= 0.6 is 15.9 Å². The Hall–Kier alpha value is -5.18. The number of hydrogen-bond donors (Lipinski definition) is 0. The first-order valence-corrected chi connectivity index (χ1v) is 15.0. The Morgan fingerprint density at radius 3 is 1.50 bits per heavy atom. The molecule has 206 valence electrons. The van der Waals surface area contributed by atoms with Crippen molar-refractivity contribution >= 4 is 70.2 Å². The number of rotatable bonds is 3. The fourth-order valence-electron chi connectivity index (χ4n) is 6.31. The van der Waals surface area contributed by atoms with Crippen LogP contribution in [0, 0.1) is 0 Å². The molecule has 1 aromatic heterocycles. The highest BCUT2D eigenvalue weighted by molar-refractivity contribution is 9.10. The molecule has 0 aliphatic carbocycles. The van der Waals surface area contributed by atoms with Crippen LogP contribution in [0.15, 0.2) is 160 Å². The Bertz CT molecular complexity index is 2910. The van der Waals surface area contributed by atoms with Crippen LogP contribution in [0.2, 0.25) is 0 Å². The monoisotopic (exact) mass is 632 g/mol. The molecular weight excluding hydrogens is 600 g/mol. The fraction of sp³-hybridized carbons (Fsp3) is 0. The van der Waals surface area contributed by atoms with Crippen LogP contribution in [0.25, 0.3) is 87.6 Å². The van der Waals surface area contributed by atoms with Crippen LogP contribution in [0.1, 0.15) is 11.0 Å². The summed E-state index contributed by atoms with van der Waals surface area (Å²) in [6, 6.07) is 30.9. The average Bonchev–Trinajstić information content (AvgIpc) is 3.52. The Morgan fingerprint density at radius 2 is 0.886 bits per heavy atom. The van der Waals surface area contributed by atoms with E-state index in [4.69, 9.17) is 12.6 Å². The SMILES string of the molecule is [2H]c1c([2H])c(-c2c([2H])c([2H])c(-c3c4ccccc4c(-c4ccc5oc6cc7ccccc7cc6c5c4)c4ccccc34)c([2H])c2[2H])c([2H])c([2H])c1Br. The molecule has 0 aliphatic rings. The molecule has 9 aromatic rings. The lowest BCUT2D eigenvalue weighted by atomic mass is 9.85. The van der Waals surface area contributed by atoms with Crippen molar-refractivity contribution in [2.24, 2.45) is 0 Å². The molecule has 0 unspecified atom stereocenters. The molecule has 0 atom stereocenters. The van der Waals surface area contributed by atoms with Gasteiger partial charge in [-0.15, -0.1) is 0 Å². The fourth-order valence-corrected chi connectivity index (χ4v) is 6.51. The normalized spacial score (nSPS) is 14.3. The summed E-state index contributed by atoms with van der Waals surface area (Å²) in [7, 11) is 0. The number of furan rings is 1. The smallest absolute Gasteiger partial charge is 0.136 e. The summed E-state index contributed by atoms with van der Waals surface area (Å²) in [5.74, 6) is 0. The Kier molecular flexibility index (Phi) is 4.17. The van der Waals surface area contributed by atoms with Crippen molar-refractivity contribution < 1.29 is 15.4 Å². The van der Waals surface area contributed by atoms with Crippen LogP contribution in [0.3, 0.4) is 0 Å². The number of benzene rings is 8. The third-order valence-corrected chi connectivity index (χ3v) is 8.67. The highest BCUT2D eigenvalue weighted by atomic mass is 79.9. The molecule has 2 heteroatoms. The van der Waals surface area contributed by atoms with E-state index in [0.717, 1.165) is 65.4 Å². The van der Waals surface area contributed by atoms with E-state index >= 15 is 0 Å². The van der Waals surface area contributed by atoms with Gasteiger partial charge < -0.3 is 4.42 Å². The second kappa shape index (κ2) is 9.94. The number of halogens is 1. The predicted molar refractivity (Wildman–Crippen MR) is 190 cm³/mol. The minimum Gasteiger partial charge on any atom is -0.456 e. The van der Waals surface area contributed by atoms with Gasteiger partial charge in [-0.2, -0.15) is 0 Å². The molecule has 8 aromatic carbocycles. The molecule has 0 saturated heterocycles. The zero-order valence-electron chi connectivity index (χ0n) is 31.1. The van der Waals surface area contributed by atoms with Crippen LogP contribution in [0.5, 0.6) is 0 Å². The topological polar surface area (TPSA) is 13.1 Å². The minimum atomic E-state index is -0.447. The van der Waals surface area contributed by atoms with Crippen LogP contribution < -0.4 is 0 Å². The Labute approximate surface area is 274 Å². The number of fused-ring (bicyclic) bond motifs is 6. The minimum absolute atomic E-state index is 0.0373. The zero-order chi connectivity index (χ0) is 36.2. The van der Waals surface area contributed by atoms with Gasteiger partial charge in [0.05, 0.1) is 11.0 Å². The Balaban J connectivity index is 1.34. The second-order valence-electron chi connectivity index (χ2n) is 10.8. The van der Waals surface area contributed by atoms with Crippen molar-refractivity contribution in [1.82, 2.24) is 0 Å². The van der Waals surface area contributed by atoms with Gasteiger partial charge >= 0.3 is 0 Å². The van der Waals surface area contributed by atoms with E-state index in [1.807, 2.05) is 72.8 Å². The lowest BCUT2D eigenvalue weighted by Gasteiger charge is -2.18. The van der Waals surface area contributed by atoms with Crippen LogP contribution in [-0.2, 0) is 0 Å². The molecular formula is C42H25BrO. The molecule has 0 N–H and O–H groups in total. The highest BCUT2D eigenvalue weighted by Gasteiger charge is 2.18. The van der Waals surface area contributed by atoms with Gasteiger partial charge in [0, 0.05) is 15.2 Å². The molecule has 0 amide bonds. The van der Waals surface area contributed by atoms with Gasteiger partial charge in [0.2, 0.25) is 0 Å². The van der Waals surface area contributed by atoms with E-state index in [1.54, 1.807) is 0 Å². The van der Waals surface area contributed by atoms with Gasteiger partial charge in [-0.05, 0) is 102 Å². The van der Waals surface area contributed by atoms with Crippen LogP contribution in [-0.4, -0.2) is 0 Å². The van der Waals surface area contributed by atoms with Crippen molar-refractivity contribution in [3.8, 4) is 33.4 Å². The van der Waals surface area contributed by atoms with Gasteiger partial charge in [0.15, 0.2) is 0 Å². The molecule has 1 heterocycles. The molecule has 0 spiro atoms. The molecule has 0 bridgehead atoms. The van der Waals surface area contributed by atoms with Crippen LogP contribution in [0.4, 0.5) is 0 Å². The first-order valence-electron chi connectivity index (χ1n) is 18.2. The molecule has 0 fully saturated rings. The first kappa shape index (κ1) is 18.5. The zero-order valence-corrected chi connectivity index (χ0v) is 24.7. The summed E-state index contributed by atoms with van der Waals surface area (Å²) in [4.78, 5) is 0. The van der Waals surface area contributed by atoms with Crippen molar-refractivity contribution in [3.63, 3.8) is 0 Å². The maximum absolute atomic E-state index is 9.30. The van der Waals surface area contributed by atoms with Crippen molar-refractivity contribution in [1.29, 1.82) is 0 Å². The van der Waals surface area contributed by atoms with Crippen molar-refractivity contribution in [2.75, 3.05) is 0 Å². The standard InChI is InChI=1S/C42H25BrO/c43-32-20-17-27(18-21-32)26-13-15-28(16-14-26)41-33-9-3-5-11-35(33)42(36-12-6-4-10-34(36)41)31-19-22-39-37(24-31)38-23-29-7-1-2-8-30(29)25-40(38)44-39/h1-25H/i13D,14D,15D,16D,17D,18D,20D,21D. The molecule has 1 nitrogen and oxygen atoms in total. The molecule has 0 saturated carbocycles. The summed E-state index contributed by atoms with van der Waals surface area (Å²) in [6.07, 6.45) is 0. The van der Waals surface area contributed by atoms with Gasteiger partial charge in [0.25, 0.3) is 0 Å². The molecule has 44 heavy (non-hydrogen) atoms. The lowest BCUT2D eigenvalue weighted by Crippen LogP contribution is -1.91. The van der Waals surface area contributed by atoms with E-state index in [2.05, 4.69) is 46.3 Å². The second-order valence-corrected chi connectivity index (χ2v) is 11.6. The molecule has 9 rings (SSSR count). The van der Waals surface area contributed by atoms with Gasteiger partial charge in [0.1, 0.15) is 11.2 Å². The third kappa shape index (κ3) is 3.99. The van der Waals surface area contributed by atoms with E-state index < -0.39 is 24.2 Å². The first-order chi connectivity index (χ1) is 25.1. The third-order valence-electron chi connectivity index (χ3n) is 8.28. The average molecular weight is 634 g/mol.